The van der Waals surface area contributed by atoms with Crippen LogP contribution in [0.15, 0.2) is 36.7 Å². The van der Waals surface area contributed by atoms with Crippen molar-refractivity contribution in [2.75, 3.05) is 18.0 Å². The summed E-state index contributed by atoms with van der Waals surface area (Å²) in [4.78, 5) is 15.2. The minimum atomic E-state index is -4.45. The van der Waals surface area contributed by atoms with Crippen molar-refractivity contribution in [1.29, 1.82) is 0 Å². The molecule has 0 amide bonds. The Labute approximate surface area is 199 Å². The van der Waals surface area contributed by atoms with E-state index in [1.165, 1.54) is 0 Å². The Bertz CT molecular complexity index is 1160. The van der Waals surface area contributed by atoms with Crippen molar-refractivity contribution in [1.82, 2.24) is 24.7 Å². The molecule has 34 heavy (non-hydrogen) atoms. The normalized spacial score (nSPS) is 22.3. The summed E-state index contributed by atoms with van der Waals surface area (Å²) >= 11 is 6.12. The average molecular weight is 493 g/mol. The van der Waals surface area contributed by atoms with Gasteiger partial charge in [0.15, 0.2) is 5.82 Å². The number of hydrogen-bond acceptors (Lipinski definition) is 6. The van der Waals surface area contributed by atoms with Crippen LogP contribution in [0, 0.1) is 24.7 Å². The number of alkyl halides is 3. The van der Waals surface area contributed by atoms with E-state index in [1.54, 1.807) is 30.6 Å². The lowest BCUT2D eigenvalue weighted by Crippen LogP contribution is -2.43. The predicted octanol–water partition coefficient (Wildman–Crippen LogP) is 5.09. The summed E-state index contributed by atoms with van der Waals surface area (Å²) in [5.41, 5.74) is 0.921. The van der Waals surface area contributed by atoms with Gasteiger partial charge in [0.2, 0.25) is 0 Å². The zero-order valence-corrected chi connectivity index (χ0v) is 19.3. The van der Waals surface area contributed by atoms with E-state index in [1.807, 2.05) is 13.0 Å². The largest absolute Gasteiger partial charge is 0.423 e. The minimum absolute atomic E-state index is 0.207. The van der Waals surface area contributed by atoms with Crippen LogP contribution in [0.3, 0.4) is 0 Å². The minimum Gasteiger partial charge on any atom is -0.423 e. The molecule has 11 heteroatoms. The first kappa shape index (κ1) is 22.9. The van der Waals surface area contributed by atoms with Gasteiger partial charge in [-0.3, -0.25) is 0 Å². The molecule has 7 nitrogen and oxygen atoms in total. The van der Waals surface area contributed by atoms with Crippen LogP contribution in [0.25, 0.3) is 0 Å². The highest BCUT2D eigenvalue weighted by molar-refractivity contribution is 6.32. The van der Waals surface area contributed by atoms with Gasteiger partial charge in [-0.05, 0) is 49.7 Å². The quantitative estimate of drug-likeness (QED) is 0.477. The maximum absolute atomic E-state index is 13.2. The van der Waals surface area contributed by atoms with Crippen LogP contribution in [0.2, 0.25) is 5.02 Å². The third-order valence-electron chi connectivity index (χ3n) is 6.61. The molecule has 5 rings (SSSR count). The summed E-state index contributed by atoms with van der Waals surface area (Å²) in [5, 5.41) is 4.47. The lowest BCUT2D eigenvalue weighted by atomic mass is 9.82. The number of benzene rings is 1. The van der Waals surface area contributed by atoms with Gasteiger partial charge in [0.25, 0.3) is 0 Å². The van der Waals surface area contributed by atoms with E-state index in [0.29, 0.717) is 30.0 Å². The zero-order valence-electron chi connectivity index (χ0n) is 18.5. The number of anilines is 1. The van der Waals surface area contributed by atoms with Crippen LogP contribution in [0.5, 0.6) is 11.8 Å². The highest BCUT2D eigenvalue weighted by Crippen LogP contribution is 2.44. The van der Waals surface area contributed by atoms with Crippen LogP contribution >= 0.6 is 11.6 Å². The van der Waals surface area contributed by atoms with Crippen molar-refractivity contribution in [3.8, 4) is 11.8 Å². The molecular weight excluding hydrogens is 469 g/mol. The van der Waals surface area contributed by atoms with E-state index in [4.69, 9.17) is 16.3 Å². The molecule has 2 fully saturated rings. The molecule has 3 aromatic rings. The second-order valence-electron chi connectivity index (χ2n) is 9.00. The summed E-state index contributed by atoms with van der Waals surface area (Å²) in [6, 6.07) is 8.37. The van der Waals surface area contributed by atoms with Crippen LogP contribution in [-0.4, -0.2) is 44.0 Å². The van der Waals surface area contributed by atoms with Crippen molar-refractivity contribution in [2.45, 2.75) is 38.9 Å². The van der Waals surface area contributed by atoms with Gasteiger partial charge in [0.1, 0.15) is 24.4 Å². The SMILES string of the molecule is Cc1cc(N2CC3CCC(C2)C3Cc2nc(Oc3ccccc3Cl)n(CC(F)(F)F)n2)ncn1. The third kappa shape index (κ3) is 4.96. The third-order valence-corrected chi connectivity index (χ3v) is 6.92. The van der Waals surface area contributed by atoms with Gasteiger partial charge in [0.05, 0.1) is 5.02 Å². The van der Waals surface area contributed by atoms with Gasteiger partial charge in [-0.1, -0.05) is 23.7 Å². The molecule has 1 aliphatic carbocycles. The fraction of sp³-hybridized carbons (Fsp3) is 0.478. The Morgan fingerprint density at radius 2 is 1.85 bits per heavy atom. The summed E-state index contributed by atoms with van der Waals surface area (Å²) in [5.74, 6) is 2.62. The Hall–Kier alpha value is -2.88. The van der Waals surface area contributed by atoms with E-state index in [-0.39, 0.29) is 16.8 Å². The van der Waals surface area contributed by atoms with Crippen LogP contribution in [0.1, 0.15) is 24.4 Å². The standard InChI is InChI=1S/C23H24ClF3N6O/c1-14-8-21(29-13-28-14)32-10-15-6-7-16(11-32)17(15)9-20-30-22(33(31-20)12-23(25,26)27)34-19-5-3-2-4-18(19)24/h2-5,8,13,15-17H,6-7,9-12H2,1H3. The Kier molecular flexibility index (Phi) is 6.09. The molecule has 2 unspecified atom stereocenters. The number of aryl methyl sites for hydroxylation is 1. The molecule has 1 saturated carbocycles. The first-order chi connectivity index (χ1) is 16.2. The van der Waals surface area contributed by atoms with Gasteiger partial charge in [-0.2, -0.15) is 23.3 Å². The number of rotatable bonds is 6. The van der Waals surface area contributed by atoms with E-state index in [2.05, 4.69) is 25.0 Å². The Balaban J connectivity index is 1.35. The van der Waals surface area contributed by atoms with E-state index >= 15 is 0 Å². The molecule has 0 radical (unpaired) electrons. The number of para-hydroxylation sites is 1. The summed E-state index contributed by atoms with van der Waals surface area (Å²) < 4.78 is 46.0. The van der Waals surface area contributed by atoms with Gasteiger partial charge in [0, 0.05) is 31.3 Å². The predicted molar refractivity (Wildman–Crippen MR) is 120 cm³/mol. The number of piperidine rings is 1. The summed E-state index contributed by atoms with van der Waals surface area (Å²) in [6.07, 6.45) is -0.222. The van der Waals surface area contributed by atoms with E-state index in [0.717, 1.165) is 42.1 Å². The smallest absolute Gasteiger partial charge is 0.408 e. The van der Waals surface area contributed by atoms with Crippen molar-refractivity contribution in [2.24, 2.45) is 17.8 Å². The fourth-order valence-electron chi connectivity index (χ4n) is 5.11. The molecule has 1 aromatic carbocycles. The van der Waals surface area contributed by atoms with Crippen molar-refractivity contribution < 1.29 is 17.9 Å². The molecule has 1 aliphatic heterocycles. The molecule has 0 spiro atoms. The lowest BCUT2D eigenvalue weighted by molar-refractivity contribution is -0.143. The second-order valence-corrected chi connectivity index (χ2v) is 9.41. The summed E-state index contributed by atoms with van der Waals surface area (Å²) in [6.45, 7) is 2.36. The maximum Gasteiger partial charge on any atom is 0.408 e. The monoisotopic (exact) mass is 492 g/mol. The Morgan fingerprint density at radius 3 is 2.53 bits per heavy atom. The highest BCUT2D eigenvalue weighted by atomic mass is 35.5. The second kappa shape index (κ2) is 9.05. The number of aromatic nitrogens is 5. The molecule has 0 N–H and O–H groups in total. The first-order valence-electron chi connectivity index (χ1n) is 11.2. The summed E-state index contributed by atoms with van der Waals surface area (Å²) in [7, 11) is 0. The average Bonchev–Trinajstić information content (AvgIpc) is 3.23. The van der Waals surface area contributed by atoms with Crippen LogP contribution in [0.4, 0.5) is 19.0 Å². The van der Waals surface area contributed by atoms with Gasteiger partial charge in [-0.15, -0.1) is 0 Å². The van der Waals surface area contributed by atoms with Crippen molar-refractivity contribution >= 4 is 17.4 Å². The van der Waals surface area contributed by atoms with Crippen molar-refractivity contribution in [3.63, 3.8) is 0 Å². The van der Waals surface area contributed by atoms with E-state index in [9.17, 15) is 13.2 Å². The molecular formula is C23H24ClF3N6O. The number of halogens is 4. The molecule has 3 heterocycles. The van der Waals surface area contributed by atoms with Crippen LogP contribution < -0.4 is 9.64 Å². The number of hydrogen-bond donors (Lipinski definition) is 0. The maximum atomic E-state index is 13.2. The first-order valence-corrected chi connectivity index (χ1v) is 11.6. The van der Waals surface area contributed by atoms with Gasteiger partial charge in [-0.25, -0.2) is 14.6 Å². The van der Waals surface area contributed by atoms with Crippen LogP contribution in [-0.2, 0) is 13.0 Å². The molecule has 2 atom stereocenters. The molecule has 1 saturated heterocycles. The zero-order chi connectivity index (χ0) is 23.9. The molecule has 2 bridgehead atoms. The number of nitrogens with zero attached hydrogens (tertiary/aromatic N) is 6. The molecule has 2 aromatic heterocycles. The molecule has 2 aliphatic rings. The van der Waals surface area contributed by atoms with E-state index < -0.39 is 12.7 Å². The fourth-order valence-corrected chi connectivity index (χ4v) is 5.29. The number of ether oxygens (including phenoxy) is 1. The van der Waals surface area contributed by atoms with Crippen molar-refractivity contribution in [3.05, 3.63) is 53.2 Å². The number of fused-ring (bicyclic) bond motifs is 2. The Morgan fingerprint density at radius 1 is 1.12 bits per heavy atom. The van der Waals surface area contributed by atoms with Gasteiger partial charge < -0.3 is 9.64 Å². The van der Waals surface area contributed by atoms with Gasteiger partial charge >= 0.3 is 12.2 Å². The topological polar surface area (TPSA) is 69.0 Å². The molecule has 180 valence electrons. The lowest BCUT2D eigenvalue weighted by Gasteiger charge is -2.38. The highest BCUT2D eigenvalue weighted by Gasteiger charge is 2.43.